The molecule has 0 spiro atoms. The van der Waals surface area contributed by atoms with E-state index in [4.69, 9.17) is 15.9 Å². The largest absolute Gasteiger partial charge is 0.415 e. The van der Waals surface area contributed by atoms with Crippen LogP contribution in [0.3, 0.4) is 0 Å². The Morgan fingerprint density at radius 2 is 1.89 bits per heavy atom. The van der Waals surface area contributed by atoms with E-state index in [1.165, 1.54) is 16.0 Å². The normalized spacial score (nSPS) is 14.9. The number of hydrogen-bond acceptors (Lipinski definition) is 5. The molecule has 0 saturated heterocycles. The highest BCUT2D eigenvalue weighted by molar-refractivity contribution is 5.70. The van der Waals surface area contributed by atoms with E-state index >= 15 is 0 Å². The van der Waals surface area contributed by atoms with Crippen LogP contribution in [0.15, 0.2) is 42.7 Å². The molecule has 0 fully saturated rings. The minimum Gasteiger partial charge on any atom is -0.410 e. The van der Waals surface area contributed by atoms with E-state index in [-0.39, 0.29) is 24.3 Å². The van der Waals surface area contributed by atoms with Crippen LogP contribution >= 0.6 is 0 Å². The molecule has 3 rings (SSSR count). The van der Waals surface area contributed by atoms with Gasteiger partial charge in [0.05, 0.1) is 6.04 Å². The minimum absolute atomic E-state index is 0.119. The maximum Gasteiger partial charge on any atom is 0.415 e. The van der Waals surface area contributed by atoms with Gasteiger partial charge >= 0.3 is 12.2 Å². The van der Waals surface area contributed by atoms with Crippen LogP contribution in [-0.4, -0.2) is 54.7 Å². The molecule has 8 heteroatoms. The molecule has 2 atom stereocenters. The molecule has 1 aliphatic rings. The Balaban J connectivity index is 1.57. The Kier molecular flexibility index (Phi) is 9.71. The summed E-state index contributed by atoms with van der Waals surface area (Å²) in [5.41, 5.74) is 2.36. The van der Waals surface area contributed by atoms with E-state index in [0.29, 0.717) is 37.7 Å². The number of nitrogens with one attached hydrogen (secondary N) is 1. The number of amides is 2. The number of nitrogens with zero attached hydrogens (tertiary/aromatic N) is 3. The van der Waals surface area contributed by atoms with E-state index in [1.54, 1.807) is 18.0 Å². The molecule has 1 aliphatic carbocycles. The SMILES string of the molecule is C#CC(CC[n+]1cccc(OC(=O)N(CC)CC)c1)NC1CCc2cc(OC(=O)N(C)CC)ccc21. The highest BCUT2D eigenvalue weighted by Gasteiger charge is 2.26. The quantitative estimate of drug-likeness (QED) is 0.401. The lowest BCUT2D eigenvalue weighted by molar-refractivity contribution is -0.697. The number of pyridine rings is 1. The number of aryl methyl sites for hydroxylation is 2. The molecule has 2 aromatic rings. The lowest BCUT2D eigenvalue weighted by Gasteiger charge is -2.19. The van der Waals surface area contributed by atoms with Gasteiger partial charge in [-0.2, -0.15) is 0 Å². The molecule has 0 bridgehead atoms. The summed E-state index contributed by atoms with van der Waals surface area (Å²) >= 11 is 0. The van der Waals surface area contributed by atoms with Crippen molar-refractivity contribution in [3.05, 3.63) is 53.9 Å². The molecule has 0 radical (unpaired) electrons. The first-order chi connectivity index (χ1) is 17.4. The van der Waals surface area contributed by atoms with Crippen LogP contribution in [0.2, 0.25) is 0 Å². The van der Waals surface area contributed by atoms with Gasteiger partial charge in [-0.15, -0.1) is 6.42 Å². The van der Waals surface area contributed by atoms with Gasteiger partial charge in [0.2, 0.25) is 6.20 Å². The number of carbonyl (C=O) groups is 2. The van der Waals surface area contributed by atoms with Gasteiger partial charge in [-0.1, -0.05) is 12.0 Å². The van der Waals surface area contributed by atoms with Crippen LogP contribution in [0, 0.1) is 12.3 Å². The first-order valence-corrected chi connectivity index (χ1v) is 12.6. The summed E-state index contributed by atoms with van der Waals surface area (Å²) in [5, 5.41) is 3.60. The molecular formula is C28H37N4O4+. The average molecular weight is 494 g/mol. The van der Waals surface area contributed by atoms with Gasteiger partial charge in [0.1, 0.15) is 5.75 Å². The summed E-state index contributed by atoms with van der Waals surface area (Å²) in [6.45, 7) is 8.22. The predicted octanol–water partition coefficient (Wildman–Crippen LogP) is 3.93. The third kappa shape index (κ3) is 6.98. The molecule has 0 aliphatic heterocycles. The molecule has 1 N–H and O–H groups in total. The number of ether oxygens (including phenoxy) is 2. The molecule has 1 aromatic heterocycles. The zero-order valence-electron chi connectivity index (χ0n) is 21.7. The number of aromatic nitrogens is 1. The van der Waals surface area contributed by atoms with Gasteiger partial charge in [-0.3, -0.25) is 5.32 Å². The van der Waals surface area contributed by atoms with Crippen LogP contribution in [0.25, 0.3) is 0 Å². The number of benzene rings is 1. The van der Waals surface area contributed by atoms with E-state index in [2.05, 4.69) is 11.2 Å². The topological polar surface area (TPSA) is 75.0 Å². The molecule has 192 valence electrons. The fraction of sp³-hybridized carbons (Fsp3) is 0.464. The third-order valence-corrected chi connectivity index (χ3v) is 6.52. The second kappa shape index (κ2) is 12.9. The zero-order chi connectivity index (χ0) is 26.1. The van der Waals surface area contributed by atoms with Crippen molar-refractivity contribution in [1.82, 2.24) is 15.1 Å². The summed E-state index contributed by atoms with van der Waals surface area (Å²) in [6.07, 6.45) is 11.5. The molecule has 0 saturated carbocycles. The third-order valence-electron chi connectivity index (χ3n) is 6.52. The number of carbonyl (C=O) groups excluding carboxylic acids is 2. The van der Waals surface area contributed by atoms with Gasteiger partial charge in [-0.25, -0.2) is 14.2 Å². The molecule has 36 heavy (non-hydrogen) atoms. The Morgan fingerprint density at radius 3 is 2.58 bits per heavy atom. The zero-order valence-corrected chi connectivity index (χ0v) is 21.7. The summed E-state index contributed by atoms with van der Waals surface area (Å²) in [7, 11) is 1.71. The molecular weight excluding hydrogens is 456 g/mol. The van der Waals surface area contributed by atoms with E-state index in [0.717, 1.165) is 19.3 Å². The molecule has 2 amide bonds. The van der Waals surface area contributed by atoms with Gasteiger partial charge in [0.25, 0.3) is 0 Å². The Labute approximate surface area is 214 Å². The maximum absolute atomic E-state index is 12.2. The maximum atomic E-state index is 12.2. The summed E-state index contributed by atoms with van der Waals surface area (Å²) in [5.74, 6) is 3.94. The van der Waals surface area contributed by atoms with Gasteiger partial charge in [-0.05, 0) is 62.9 Å². The predicted molar refractivity (Wildman–Crippen MR) is 138 cm³/mol. The van der Waals surface area contributed by atoms with Crippen molar-refractivity contribution in [2.24, 2.45) is 0 Å². The minimum atomic E-state index is -0.359. The van der Waals surface area contributed by atoms with Crippen molar-refractivity contribution in [2.45, 2.75) is 58.7 Å². The van der Waals surface area contributed by atoms with Crippen molar-refractivity contribution in [1.29, 1.82) is 0 Å². The Bertz CT molecular complexity index is 1090. The van der Waals surface area contributed by atoms with E-state index < -0.39 is 0 Å². The highest BCUT2D eigenvalue weighted by Crippen LogP contribution is 2.34. The second-order valence-corrected chi connectivity index (χ2v) is 8.83. The molecule has 1 aromatic carbocycles. The van der Waals surface area contributed by atoms with Gasteiger partial charge in [0, 0.05) is 45.2 Å². The second-order valence-electron chi connectivity index (χ2n) is 8.83. The van der Waals surface area contributed by atoms with Gasteiger partial charge in [0.15, 0.2) is 18.5 Å². The monoisotopic (exact) mass is 493 g/mol. The van der Waals surface area contributed by atoms with Crippen LogP contribution in [0.5, 0.6) is 11.5 Å². The van der Waals surface area contributed by atoms with E-state index in [9.17, 15) is 9.59 Å². The van der Waals surface area contributed by atoms with Crippen LogP contribution < -0.4 is 19.4 Å². The highest BCUT2D eigenvalue weighted by atomic mass is 16.6. The summed E-state index contributed by atoms with van der Waals surface area (Å²) in [4.78, 5) is 27.5. The van der Waals surface area contributed by atoms with Crippen LogP contribution in [0.1, 0.15) is 50.8 Å². The number of hydrogen-bond donors (Lipinski definition) is 1. The summed E-state index contributed by atoms with van der Waals surface area (Å²) < 4.78 is 13.0. The van der Waals surface area contributed by atoms with Crippen molar-refractivity contribution in [3.63, 3.8) is 0 Å². The van der Waals surface area contributed by atoms with Crippen molar-refractivity contribution in [3.8, 4) is 23.8 Å². The molecule has 1 heterocycles. The first-order valence-electron chi connectivity index (χ1n) is 12.6. The Hall–Kier alpha value is -3.57. The first kappa shape index (κ1) is 27.0. The number of terminal acetylenes is 1. The number of rotatable bonds is 10. The summed E-state index contributed by atoms with van der Waals surface area (Å²) in [6, 6.07) is 9.47. The van der Waals surface area contributed by atoms with Crippen molar-refractivity contribution in [2.75, 3.05) is 26.7 Å². The van der Waals surface area contributed by atoms with Crippen molar-refractivity contribution >= 4 is 12.2 Å². The van der Waals surface area contributed by atoms with Gasteiger partial charge < -0.3 is 19.3 Å². The molecule has 8 nitrogen and oxygen atoms in total. The lowest BCUT2D eigenvalue weighted by atomic mass is 10.1. The Morgan fingerprint density at radius 1 is 1.14 bits per heavy atom. The smallest absolute Gasteiger partial charge is 0.410 e. The van der Waals surface area contributed by atoms with Crippen LogP contribution in [0.4, 0.5) is 9.59 Å². The fourth-order valence-electron chi connectivity index (χ4n) is 4.22. The fourth-order valence-corrected chi connectivity index (χ4v) is 4.22. The van der Waals surface area contributed by atoms with Crippen LogP contribution in [-0.2, 0) is 13.0 Å². The van der Waals surface area contributed by atoms with E-state index in [1.807, 2.05) is 62.0 Å². The average Bonchev–Trinajstić information content (AvgIpc) is 3.28. The standard InChI is InChI=1S/C28H37N4O4/c1-6-22(16-18-31-17-10-11-24(20-31)36-28(34)32(8-3)9-4)29-26-15-12-21-19-23(13-14-25(21)26)35-27(33)30(5)7-2/h1,10-11,13-14,17,19-20,22,26,29H,7-9,12,15-16,18H2,2-5H3/q+1. The lowest BCUT2D eigenvalue weighted by Crippen LogP contribution is -2.39. The molecule has 2 unspecified atom stereocenters. The van der Waals surface area contributed by atoms with Crippen molar-refractivity contribution < 1.29 is 23.6 Å². The number of fused-ring (bicyclic) bond motifs is 1.